The zero-order chi connectivity index (χ0) is 23.2. The van der Waals surface area contributed by atoms with E-state index in [2.05, 4.69) is 46.0 Å². The third-order valence-corrected chi connectivity index (χ3v) is 4.29. The van der Waals surface area contributed by atoms with Crippen molar-refractivity contribution in [3.63, 3.8) is 0 Å². The van der Waals surface area contributed by atoms with E-state index in [9.17, 15) is 10.2 Å². The molecule has 0 unspecified atom stereocenters. The number of fused-ring (bicyclic) bond motifs is 1. The average Bonchev–Trinajstić information content (AvgIpc) is 3.26. The Morgan fingerprint density at radius 3 is 1.64 bits per heavy atom. The number of nitrogens with zero attached hydrogens (tertiary/aromatic N) is 6. The van der Waals surface area contributed by atoms with Crippen LogP contribution in [0.1, 0.15) is 11.1 Å². The summed E-state index contributed by atoms with van der Waals surface area (Å²) in [6.45, 7) is 0. The molecule has 2 aromatic carbocycles. The third-order valence-electron chi connectivity index (χ3n) is 4.29. The first-order valence-corrected chi connectivity index (χ1v) is 9.40. The van der Waals surface area contributed by atoms with E-state index in [1.165, 1.54) is 38.8 Å². The van der Waals surface area contributed by atoms with Gasteiger partial charge < -0.3 is 19.7 Å². The number of anilines is 2. The Labute approximate surface area is 186 Å². The fourth-order valence-corrected chi connectivity index (χ4v) is 2.70. The van der Waals surface area contributed by atoms with E-state index >= 15 is 0 Å². The van der Waals surface area contributed by atoms with Gasteiger partial charge >= 0.3 is 0 Å². The van der Waals surface area contributed by atoms with Crippen LogP contribution in [0.25, 0.3) is 11.3 Å². The van der Waals surface area contributed by atoms with Crippen LogP contribution in [0.15, 0.2) is 51.2 Å². The van der Waals surface area contributed by atoms with E-state index in [1.807, 2.05) is 0 Å². The van der Waals surface area contributed by atoms with Gasteiger partial charge in [0.25, 0.3) is 0 Å². The number of methoxy groups -OCH3 is 2. The molecule has 2 heterocycles. The minimum absolute atomic E-state index is 0.0161. The van der Waals surface area contributed by atoms with Crippen molar-refractivity contribution >= 4 is 35.4 Å². The topological polar surface area (TPSA) is 172 Å². The molecule has 4 N–H and O–H groups in total. The number of hydrogen-bond donors (Lipinski definition) is 4. The largest absolute Gasteiger partial charge is 0.504 e. The van der Waals surface area contributed by atoms with Crippen molar-refractivity contribution in [2.75, 3.05) is 25.1 Å². The zero-order valence-electron chi connectivity index (χ0n) is 17.4. The molecule has 0 saturated heterocycles. The van der Waals surface area contributed by atoms with Gasteiger partial charge in [0, 0.05) is 0 Å². The van der Waals surface area contributed by atoms with Crippen LogP contribution in [0.3, 0.4) is 0 Å². The standard InChI is InChI=1S/C20H18N8O5/c1-31-15-5-3-11(7-13(15)29)9-21-25-17-18(24-20-19(23-17)27-33-28-20)26-22-10-12-4-6-16(32-2)14(30)8-12/h3-10,29-30H,1-2H3,(H,23,25,27)(H,24,26,28)/b21-9-,22-10-. The second-order valence-corrected chi connectivity index (χ2v) is 6.43. The number of aromatic hydroxyl groups is 2. The van der Waals surface area contributed by atoms with E-state index < -0.39 is 0 Å². The number of benzene rings is 2. The predicted octanol–water partition coefficient (Wildman–Crippen LogP) is 2.33. The predicted molar refractivity (Wildman–Crippen MR) is 119 cm³/mol. The summed E-state index contributed by atoms with van der Waals surface area (Å²) in [5.74, 6) is 1.06. The maximum atomic E-state index is 9.88. The first-order valence-electron chi connectivity index (χ1n) is 9.40. The molecule has 0 saturated carbocycles. The molecule has 4 aromatic rings. The third kappa shape index (κ3) is 4.87. The van der Waals surface area contributed by atoms with Crippen LogP contribution in [0, 0.1) is 0 Å². The van der Waals surface area contributed by atoms with Crippen molar-refractivity contribution in [2.45, 2.75) is 0 Å². The number of hydrazone groups is 2. The minimum Gasteiger partial charge on any atom is -0.504 e. The molecule has 0 spiro atoms. The lowest BCUT2D eigenvalue weighted by Gasteiger charge is -2.06. The van der Waals surface area contributed by atoms with Crippen LogP contribution in [-0.4, -0.2) is 57.1 Å². The van der Waals surface area contributed by atoms with Gasteiger partial charge in [-0.1, -0.05) is 0 Å². The van der Waals surface area contributed by atoms with Gasteiger partial charge in [-0.05, 0) is 57.8 Å². The maximum absolute atomic E-state index is 9.88. The molecule has 2 aromatic heterocycles. The number of ether oxygens (including phenoxy) is 2. The molecule has 33 heavy (non-hydrogen) atoms. The summed E-state index contributed by atoms with van der Waals surface area (Å²) >= 11 is 0. The van der Waals surface area contributed by atoms with Crippen LogP contribution in [0.4, 0.5) is 11.6 Å². The molecule has 0 aliphatic carbocycles. The van der Waals surface area contributed by atoms with Gasteiger partial charge in [-0.25, -0.2) is 4.63 Å². The fraction of sp³-hybridized carbons (Fsp3) is 0.100. The molecule has 0 bridgehead atoms. The molecular weight excluding hydrogens is 432 g/mol. The summed E-state index contributed by atoms with van der Waals surface area (Å²) in [7, 11) is 2.93. The van der Waals surface area contributed by atoms with Gasteiger partial charge in [-0.15, -0.1) is 0 Å². The SMILES string of the molecule is COc1ccc(/C=N\Nc2nc3nonc3nc2N/N=C\c2ccc(OC)c(O)c2)cc1O. The summed E-state index contributed by atoms with van der Waals surface area (Å²) in [4.78, 5) is 8.51. The quantitative estimate of drug-likeness (QED) is 0.229. The van der Waals surface area contributed by atoms with Crippen LogP contribution in [0.2, 0.25) is 0 Å². The summed E-state index contributed by atoms with van der Waals surface area (Å²) in [6, 6.07) is 9.65. The molecule has 0 radical (unpaired) electrons. The van der Waals surface area contributed by atoms with Crippen LogP contribution < -0.4 is 20.3 Å². The summed E-state index contributed by atoms with van der Waals surface area (Å²) < 4.78 is 14.7. The lowest BCUT2D eigenvalue weighted by atomic mass is 10.2. The summed E-state index contributed by atoms with van der Waals surface area (Å²) in [5.41, 5.74) is 7.06. The van der Waals surface area contributed by atoms with Crippen molar-refractivity contribution in [1.82, 2.24) is 20.3 Å². The lowest BCUT2D eigenvalue weighted by molar-refractivity contribution is 0.314. The van der Waals surface area contributed by atoms with Crippen molar-refractivity contribution < 1.29 is 24.3 Å². The number of phenolic OH excluding ortho intramolecular Hbond substituents is 2. The fourth-order valence-electron chi connectivity index (χ4n) is 2.70. The van der Waals surface area contributed by atoms with Crippen molar-refractivity contribution in [1.29, 1.82) is 0 Å². The highest BCUT2D eigenvalue weighted by molar-refractivity contribution is 5.83. The number of nitrogens with one attached hydrogen (secondary N) is 2. The molecule has 168 valence electrons. The monoisotopic (exact) mass is 450 g/mol. The van der Waals surface area contributed by atoms with Crippen molar-refractivity contribution in [3.05, 3.63) is 47.5 Å². The molecule has 4 rings (SSSR count). The van der Waals surface area contributed by atoms with Gasteiger partial charge in [-0.3, -0.25) is 10.9 Å². The molecule has 0 aliphatic rings. The van der Waals surface area contributed by atoms with Gasteiger partial charge in [0.2, 0.25) is 11.3 Å². The molecular formula is C20H18N8O5. The van der Waals surface area contributed by atoms with Crippen LogP contribution in [0.5, 0.6) is 23.0 Å². The molecule has 13 heteroatoms. The highest BCUT2D eigenvalue weighted by Gasteiger charge is 2.12. The average molecular weight is 450 g/mol. The molecule has 0 fully saturated rings. The number of aromatic nitrogens is 4. The zero-order valence-corrected chi connectivity index (χ0v) is 17.4. The molecule has 13 nitrogen and oxygen atoms in total. The van der Waals surface area contributed by atoms with E-state index in [0.29, 0.717) is 22.6 Å². The van der Waals surface area contributed by atoms with E-state index in [0.717, 1.165) is 0 Å². The van der Waals surface area contributed by atoms with Crippen molar-refractivity contribution in [3.8, 4) is 23.0 Å². The second-order valence-electron chi connectivity index (χ2n) is 6.43. The Morgan fingerprint density at radius 1 is 0.788 bits per heavy atom. The van der Waals surface area contributed by atoms with E-state index in [4.69, 9.17) is 9.47 Å². The van der Waals surface area contributed by atoms with Crippen LogP contribution >= 0.6 is 0 Å². The Bertz CT molecular complexity index is 1240. The Balaban J connectivity index is 1.53. The second kappa shape index (κ2) is 9.47. The van der Waals surface area contributed by atoms with Gasteiger partial charge in [0.1, 0.15) is 0 Å². The normalized spacial score (nSPS) is 11.3. The number of phenols is 2. The lowest BCUT2D eigenvalue weighted by Crippen LogP contribution is -2.03. The van der Waals surface area contributed by atoms with Gasteiger partial charge in [0.15, 0.2) is 34.6 Å². The Morgan fingerprint density at radius 2 is 1.24 bits per heavy atom. The number of rotatable bonds is 8. The Kier molecular flexibility index (Phi) is 6.11. The summed E-state index contributed by atoms with van der Waals surface area (Å²) in [5, 5.41) is 35.3. The minimum atomic E-state index is -0.0161. The highest BCUT2D eigenvalue weighted by Crippen LogP contribution is 2.26. The number of hydrogen-bond acceptors (Lipinski definition) is 13. The first kappa shape index (κ1) is 21.3. The smallest absolute Gasteiger partial charge is 0.245 e. The van der Waals surface area contributed by atoms with Crippen LogP contribution in [-0.2, 0) is 0 Å². The Hall–Kier alpha value is -4.94. The molecule has 0 amide bonds. The summed E-state index contributed by atoms with van der Waals surface area (Å²) in [6.07, 6.45) is 2.94. The highest BCUT2D eigenvalue weighted by atomic mass is 16.6. The first-order chi connectivity index (χ1) is 16.1. The van der Waals surface area contributed by atoms with Gasteiger partial charge in [0.05, 0.1) is 26.6 Å². The maximum Gasteiger partial charge on any atom is 0.245 e. The molecule has 0 atom stereocenters. The van der Waals surface area contributed by atoms with Crippen molar-refractivity contribution in [2.24, 2.45) is 10.2 Å². The molecule has 0 aliphatic heterocycles. The van der Waals surface area contributed by atoms with Gasteiger partial charge in [-0.2, -0.15) is 20.2 Å². The van der Waals surface area contributed by atoms with E-state index in [1.54, 1.807) is 24.3 Å². The van der Waals surface area contributed by atoms with E-state index in [-0.39, 0.29) is 34.4 Å².